The summed E-state index contributed by atoms with van der Waals surface area (Å²) in [7, 11) is 2.94. The van der Waals surface area contributed by atoms with E-state index in [0.717, 1.165) is 16.9 Å². The summed E-state index contributed by atoms with van der Waals surface area (Å²) in [5, 5.41) is 0. The maximum atomic E-state index is 12.5. The molecule has 0 heterocycles. The minimum Gasteiger partial charge on any atom is -0.497 e. The zero-order valence-electron chi connectivity index (χ0n) is 17.5. The van der Waals surface area contributed by atoms with Crippen LogP contribution in [0.1, 0.15) is 45.7 Å². The van der Waals surface area contributed by atoms with Crippen LogP contribution in [0.4, 0.5) is 0 Å². The Morgan fingerprint density at radius 1 is 0.700 bits per heavy atom. The second-order valence-electron chi connectivity index (χ2n) is 7.34. The van der Waals surface area contributed by atoms with Gasteiger partial charge >= 0.3 is 11.9 Å². The van der Waals surface area contributed by atoms with Gasteiger partial charge in [-0.1, -0.05) is 44.2 Å². The normalized spacial score (nSPS) is 10.9. The molecule has 3 rings (SSSR count). The van der Waals surface area contributed by atoms with E-state index in [1.54, 1.807) is 37.4 Å². The minimum absolute atomic E-state index is 0.232. The average molecular weight is 404 g/mol. The van der Waals surface area contributed by atoms with Crippen LogP contribution in [0.2, 0.25) is 0 Å². The fraction of sp³-hybridized carbons (Fsp3) is 0.200. The molecule has 3 aromatic carbocycles. The third kappa shape index (κ3) is 4.51. The van der Waals surface area contributed by atoms with E-state index in [0.29, 0.717) is 11.3 Å². The molecule has 0 saturated carbocycles. The lowest BCUT2D eigenvalue weighted by molar-refractivity contribution is 0.0600. The summed E-state index contributed by atoms with van der Waals surface area (Å²) in [4.78, 5) is 24.1. The van der Waals surface area contributed by atoms with Crippen LogP contribution in [0.5, 0.6) is 11.5 Å². The first-order valence-electron chi connectivity index (χ1n) is 9.51. The molecule has 0 fully saturated rings. The molecule has 154 valence electrons. The lowest BCUT2D eigenvalue weighted by Crippen LogP contribution is -2.18. The first-order valence-corrected chi connectivity index (χ1v) is 9.51. The highest BCUT2D eigenvalue weighted by Gasteiger charge is 2.23. The standard InChI is InChI=1S/C25H24O5/c1-25(2,19-8-12-21(28-3)13-9-19)20-10-14-22(15-11-20)30-24(27)18-7-5-6-17(16-18)23(26)29-4/h5-16H,1-4H3. The van der Waals surface area contributed by atoms with E-state index >= 15 is 0 Å². The maximum Gasteiger partial charge on any atom is 0.343 e. The summed E-state index contributed by atoms with van der Waals surface area (Å²) in [5.41, 5.74) is 2.57. The predicted octanol–water partition coefficient (Wildman–Crippen LogP) is 5.03. The molecule has 5 heteroatoms. The Bertz CT molecular complexity index is 1030. The quantitative estimate of drug-likeness (QED) is 0.426. The highest BCUT2D eigenvalue weighted by Crippen LogP contribution is 2.33. The SMILES string of the molecule is COC(=O)c1cccc(C(=O)Oc2ccc(C(C)(C)c3ccc(OC)cc3)cc2)c1. The van der Waals surface area contributed by atoms with Crippen molar-refractivity contribution >= 4 is 11.9 Å². The fourth-order valence-corrected chi connectivity index (χ4v) is 3.17. The topological polar surface area (TPSA) is 61.8 Å². The van der Waals surface area contributed by atoms with Crippen LogP contribution in [-0.2, 0) is 10.2 Å². The molecule has 5 nitrogen and oxygen atoms in total. The van der Waals surface area contributed by atoms with Gasteiger partial charge in [-0.3, -0.25) is 0 Å². The Balaban J connectivity index is 1.75. The summed E-state index contributed by atoms with van der Waals surface area (Å²) >= 11 is 0. The van der Waals surface area contributed by atoms with E-state index in [9.17, 15) is 9.59 Å². The Kier molecular flexibility index (Phi) is 6.21. The number of carbonyl (C=O) groups is 2. The van der Waals surface area contributed by atoms with Crippen molar-refractivity contribution in [3.8, 4) is 11.5 Å². The van der Waals surface area contributed by atoms with Crippen molar-refractivity contribution in [2.75, 3.05) is 14.2 Å². The van der Waals surface area contributed by atoms with Crippen LogP contribution in [0.25, 0.3) is 0 Å². The molecule has 0 saturated heterocycles. The van der Waals surface area contributed by atoms with Crippen LogP contribution in [0, 0.1) is 0 Å². The van der Waals surface area contributed by atoms with Gasteiger partial charge in [-0.15, -0.1) is 0 Å². The van der Waals surface area contributed by atoms with Gasteiger partial charge in [0.1, 0.15) is 11.5 Å². The summed E-state index contributed by atoms with van der Waals surface area (Å²) in [6.45, 7) is 4.27. The molecule has 0 unspecified atom stereocenters. The number of hydrogen-bond donors (Lipinski definition) is 0. The molecular weight excluding hydrogens is 380 g/mol. The largest absolute Gasteiger partial charge is 0.497 e. The van der Waals surface area contributed by atoms with Gasteiger partial charge in [-0.25, -0.2) is 9.59 Å². The Morgan fingerprint density at radius 3 is 1.70 bits per heavy atom. The van der Waals surface area contributed by atoms with E-state index in [1.807, 2.05) is 36.4 Å². The molecule has 0 radical (unpaired) electrons. The molecule has 0 N–H and O–H groups in total. The number of esters is 2. The fourth-order valence-electron chi connectivity index (χ4n) is 3.17. The van der Waals surface area contributed by atoms with Crippen LogP contribution < -0.4 is 9.47 Å². The van der Waals surface area contributed by atoms with Crippen molar-refractivity contribution in [2.45, 2.75) is 19.3 Å². The molecule has 0 bridgehead atoms. The second-order valence-corrected chi connectivity index (χ2v) is 7.34. The summed E-state index contributed by atoms with van der Waals surface area (Å²) in [5.74, 6) is 0.198. The number of methoxy groups -OCH3 is 2. The lowest BCUT2D eigenvalue weighted by Gasteiger charge is -2.26. The Labute approximate surface area is 176 Å². The minimum atomic E-state index is -0.539. The van der Waals surface area contributed by atoms with Gasteiger partial charge in [-0.2, -0.15) is 0 Å². The van der Waals surface area contributed by atoms with E-state index in [2.05, 4.69) is 18.6 Å². The van der Waals surface area contributed by atoms with Gasteiger partial charge in [0.05, 0.1) is 25.3 Å². The van der Waals surface area contributed by atoms with Crippen LogP contribution >= 0.6 is 0 Å². The van der Waals surface area contributed by atoms with Gasteiger partial charge in [0.2, 0.25) is 0 Å². The summed E-state index contributed by atoms with van der Waals surface area (Å²) in [6.07, 6.45) is 0. The first kappa shape index (κ1) is 21.1. The highest BCUT2D eigenvalue weighted by atomic mass is 16.5. The van der Waals surface area contributed by atoms with Crippen molar-refractivity contribution in [2.24, 2.45) is 0 Å². The third-order valence-electron chi connectivity index (χ3n) is 5.12. The lowest BCUT2D eigenvalue weighted by atomic mass is 9.78. The molecule has 0 aliphatic heterocycles. The van der Waals surface area contributed by atoms with Crippen LogP contribution in [0.3, 0.4) is 0 Å². The molecule has 0 aliphatic carbocycles. The van der Waals surface area contributed by atoms with Gasteiger partial charge in [0.15, 0.2) is 0 Å². The van der Waals surface area contributed by atoms with Gasteiger partial charge in [0.25, 0.3) is 0 Å². The molecule has 0 aliphatic rings. The monoisotopic (exact) mass is 404 g/mol. The smallest absolute Gasteiger partial charge is 0.343 e. The molecule has 3 aromatic rings. The Hall–Kier alpha value is -3.60. The van der Waals surface area contributed by atoms with E-state index in [4.69, 9.17) is 9.47 Å². The van der Waals surface area contributed by atoms with E-state index < -0.39 is 11.9 Å². The van der Waals surface area contributed by atoms with Gasteiger partial charge in [-0.05, 0) is 53.6 Å². The number of ether oxygens (including phenoxy) is 3. The summed E-state index contributed by atoms with van der Waals surface area (Å²) < 4.78 is 15.4. The van der Waals surface area contributed by atoms with E-state index in [-0.39, 0.29) is 11.0 Å². The zero-order chi connectivity index (χ0) is 21.7. The highest BCUT2D eigenvalue weighted by molar-refractivity contribution is 5.96. The van der Waals surface area contributed by atoms with Crippen molar-refractivity contribution in [1.29, 1.82) is 0 Å². The summed E-state index contributed by atoms with van der Waals surface area (Å²) in [6, 6.07) is 21.6. The second kappa shape index (κ2) is 8.82. The van der Waals surface area contributed by atoms with E-state index in [1.165, 1.54) is 13.2 Å². The van der Waals surface area contributed by atoms with Gasteiger partial charge < -0.3 is 14.2 Å². The molecular formula is C25H24O5. The molecule has 0 amide bonds. The van der Waals surface area contributed by atoms with Crippen LogP contribution in [-0.4, -0.2) is 26.2 Å². The van der Waals surface area contributed by atoms with Crippen molar-refractivity contribution in [3.63, 3.8) is 0 Å². The number of hydrogen-bond acceptors (Lipinski definition) is 5. The zero-order valence-corrected chi connectivity index (χ0v) is 17.5. The maximum absolute atomic E-state index is 12.5. The van der Waals surface area contributed by atoms with Crippen molar-refractivity contribution in [3.05, 3.63) is 95.1 Å². The van der Waals surface area contributed by atoms with Crippen molar-refractivity contribution < 1.29 is 23.8 Å². The number of benzene rings is 3. The number of carbonyl (C=O) groups excluding carboxylic acids is 2. The molecule has 30 heavy (non-hydrogen) atoms. The van der Waals surface area contributed by atoms with Crippen LogP contribution in [0.15, 0.2) is 72.8 Å². The third-order valence-corrected chi connectivity index (χ3v) is 5.12. The molecule has 0 atom stereocenters. The van der Waals surface area contributed by atoms with Gasteiger partial charge in [0, 0.05) is 5.41 Å². The first-order chi connectivity index (χ1) is 14.3. The predicted molar refractivity (Wildman–Crippen MR) is 114 cm³/mol. The average Bonchev–Trinajstić information content (AvgIpc) is 2.79. The Morgan fingerprint density at radius 2 is 1.20 bits per heavy atom. The molecule has 0 aromatic heterocycles. The molecule has 0 spiro atoms. The van der Waals surface area contributed by atoms with Crippen molar-refractivity contribution in [1.82, 2.24) is 0 Å². The number of rotatable bonds is 6.